The molecule has 6 nitrogen and oxygen atoms in total. The van der Waals surface area contributed by atoms with E-state index in [0.29, 0.717) is 5.95 Å². The third-order valence-corrected chi connectivity index (χ3v) is 3.03. The Hall–Kier alpha value is -2.89. The Bertz CT molecular complexity index is 707. The van der Waals surface area contributed by atoms with E-state index >= 15 is 0 Å². The normalized spacial score (nSPS) is 10.3. The first-order valence-electron chi connectivity index (χ1n) is 6.67. The van der Waals surface area contributed by atoms with Crippen LogP contribution in [0.3, 0.4) is 0 Å². The van der Waals surface area contributed by atoms with Gasteiger partial charge in [-0.1, -0.05) is 30.3 Å². The largest absolute Gasteiger partial charge is 0.366 e. The number of hydrogen-bond acceptors (Lipinski definition) is 5. The number of aromatic nitrogens is 4. The van der Waals surface area contributed by atoms with Crippen molar-refractivity contribution >= 4 is 17.6 Å². The first-order chi connectivity index (χ1) is 10.3. The van der Waals surface area contributed by atoms with Crippen LogP contribution in [0.15, 0.2) is 54.9 Å². The fourth-order valence-electron chi connectivity index (χ4n) is 1.92. The second kappa shape index (κ2) is 6.04. The summed E-state index contributed by atoms with van der Waals surface area (Å²) in [5, 5.41) is 10.5. The van der Waals surface area contributed by atoms with Gasteiger partial charge in [-0.25, -0.2) is 4.98 Å². The van der Waals surface area contributed by atoms with Gasteiger partial charge >= 0.3 is 0 Å². The molecule has 106 valence electrons. The van der Waals surface area contributed by atoms with Gasteiger partial charge in [0.25, 0.3) is 0 Å². The van der Waals surface area contributed by atoms with Crippen molar-refractivity contribution in [1.82, 2.24) is 19.7 Å². The number of rotatable bonds is 5. The van der Waals surface area contributed by atoms with Crippen LogP contribution in [0.4, 0.5) is 17.6 Å². The molecule has 2 heterocycles. The van der Waals surface area contributed by atoms with Crippen molar-refractivity contribution in [2.75, 3.05) is 10.6 Å². The standard InChI is InChI=1S/C15H16N6/c1-21-14(8-10-18-21)20-15-16-9-7-13(19-15)17-11-12-5-3-2-4-6-12/h2-10H,11H2,1H3,(H2,16,17,19,20). The molecule has 0 radical (unpaired) electrons. The van der Waals surface area contributed by atoms with Crippen LogP contribution in [0.1, 0.15) is 5.56 Å². The van der Waals surface area contributed by atoms with E-state index in [4.69, 9.17) is 0 Å². The van der Waals surface area contributed by atoms with Crippen molar-refractivity contribution in [2.24, 2.45) is 7.05 Å². The summed E-state index contributed by atoms with van der Waals surface area (Å²) in [5.74, 6) is 2.16. The molecule has 1 aromatic carbocycles. The number of anilines is 3. The Balaban J connectivity index is 1.67. The predicted molar refractivity (Wildman–Crippen MR) is 82.3 cm³/mol. The Kier molecular flexibility index (Phi) is 3.77. The average Bonchev–Trinajstić information content (AvgIpc) is 2.92. The first-order valence-corrected chi connectivity index (χ1v) is 6.67. The first kappa shape index (κ1) is 13.1. The van der Waals surface area contributed by atoms with Crippen molar-refractivity contribution in [1.29, 1.82) is 0 Å². The van der Waals surface area contributed by atoms with Crippen LogP contribution in [-0.2, 0) is 13.6 Å². The predicted octanol–water partition coefficient (Wildman–Crippen LogP) is 2.57. The molecule has 0 bridgehead atoms. The quantitative estimate of drug-likeness (QED) is 0.752. The number of benzene rings is 1. The molecule has 6 heteroatoms. The van der Waals surface area contributed by atoms with E-state index in [1.54, 1.807) is 17.1 Å². The minimum absolute atomic E-state index is 0.539. The Labute approximate surface area is 122 Å². The maximum Gasteiger partial charge on any atom is 0.230 e. The van der Waals surface area contributed by atoms with E-state index in [-0.39, 0.29) is 0 Å². The molecule has 3 rings (SSSR count). The Morgan fingerprint density at radius 1 is 1.05 bits per heavy atom. The summed E-state index contributed by atoms with van der Waals surface area (Å²) < 4.78 is 1.73. The van der Waals surface area contributed by atoms with Gasteiger partial charge in [0.1, 0.15) is 11.6 Å². The van der Waals surface area contributed by atoms with Crippen molar-refractivity contribution < 1.29 is 0 Å². The molecule has 0 amide bonds. The minimum atomic E-state index is 0.539. The third-order valence-electron chi connectivity index (χ3n) is 3.03. The second-order valence-corrected chi connectivity index (χ2v) is 4.57. The molecule has 2 N–H and O–H groups in total. The van der Waals surface area contributed by atoms with Gasteiger partial charge in [-0.05, 0) is 11.6 Å². The summed E-state index contributed by atoms with van der Waals surface area (Å²) in [5.41, 5.74) is 1.21. The van der Waals surface area contributed by atoms with Gasteiger partial charge < -0.3 is 10.6 Å². The lowest BCUT2D eigenvalue weighted by atomic mass is 10.2. The number of nitrogens with one attached hydrogen (secondary N) is 2. The van der Waals surface area contributed by atoms with Crippen LogP contribution in [0.25, 0.3) is 0 Å². The van der Waals surface area contributed by atoms with Crippen molar-refractivity contribution in [3.63, 3.8) is 0 Å². The van der Waals surface area contributed by atoms with E-state index in [9.17, 15) is 0 Å². The van der Waals surface area contributed by atoms with Gasteiger partial charge in [-0.3, -0.25) is 4.68 Å². The van der Waals surface area contributed by atoms with Crippen molar-refractivity contribution in [3.8, 4) is 0 Å². The highest BCUT2D eigenvalue weighted by Crippen LogP contribution is 2.13. The number of aryl methyl sites for hydroxylation is 1. The van der Waals surface area contributed by atoms with Crippen LogP contribution in [0.2, 0.25) is 0 Å². The second-order valence-electron chi connectivity index (χ2n) is 4.57. The maximum atomic E-state index is 4.43. The molecular weight excluding hydrogens is 264 g/mol. The van der Waals surface area contributed by atoms with Gasteiger partial charge in [-0.2, -0.15) is 10.1 Å². The zero-order valence-corrected chi connectivity index (χ0v) is 11.7. The highest BCUT2D eigenvalue weighted by atomic mass is 15.3. The van der Waals surface area contributed by atoms with Crippen molar-refractivity contribution in [2.45, 2.75) is 6.54 Å². The van der Waals surface area contributed by atoms with Gasteiger partial charge in [0, 0.05) is 25.9 Å². The summed E-state index contributed by atoms with van der Waals surface area (Å²) in [4.78, 5) is 8.64. The van der Waals surface area contributed by atoms with Crippen LogP contribution in [0.5, 0.6) is 0 Å². The molecule has 0 spiro atoms. The highest BCUT2D eigenvalue weighted by molar-refractivity contribution is 5.50. The fourth-order valence-corrected chi connectivity index (χ4v) is 1.92. The monoisotopic (exact) mass is 280 g/mol. The molecule has 0 aliphatic carbocycles. The van der Waals surface area contributed by atoms with Gasteiger partial charge in [0.2, 0.25) is 5.95 Å². The van der Waals surface area contributed by atoms with Crippen molar-refractivity contribution in [3.05, 3.63) is 60.4 Å². The Morgan fingerprint density at radius 3 is 2.67 bits per heavy atom. The molecule has 0 unspecified atom stereocenters. The van der Waals surface area contributed by atoms with Gasteiger partial charge in [0.15, 0.2) is 0 Å². The third kappa shape index (κ3) is 3.36. The highest BCUT2D eigenvalue weighted by Gasteiger charge is 2.02. The molecule has 21 heavy (non-hydrogen) atoms. The van der Waals surface area contributed by atoms with E-state index in [1.165, 1.54) is 5.56 Å². The van der Waals surface area contributed by atoms with E-state index in [2.05, 4.69) is 37.8 Å². The molecule has 2 aromatic heterocycles. The van der Waals surface area contributed by atoms with Crippen LogP contribution in [-0.4, -0.2) is 19.7 Å². The molecule has 0 fully saturated rings. The lowest BCUT2D eigenvalue weighted by Crippen LogP contribution is -2.05. The summed E-state index contributed by atoms with van der Waals surface area (Å²) in [6, 6.07) is 13.9. The molecule has 0 saturated heterocycles. The topological polar surface area (TPSA) is 67.7 Å². The van der Waals surface area contributed by atoms with Gasteiger partial charge in [0.05, 0.1) is 6.20 Å². The molecule has 0 atom stereocenters. The zero-order valence-electron chi connectivity index (χ0n) is 11.7. The average molecular weight is 280 g/mol. The molecular formula is C15H16N6. The van der Waals surface area contributed by atoms with E-state index < -0.39 is 0 Å². The summed E-state index contributed by atoms with van der Waals surface area (Å²) in [6.07, 6.45) is 3.44. The SMILES string of the molecule is Cn1nccc1Nc1nccc(NCc2ccccc2)n1. The number of hydrogen-bond donors (Lipinski definition) is 2. The maximum absolute atomic E-state index is 4.43. The molecule has 0 aliphatic heterocycles. The molecule has 0 saturated carbocycles. The van der Waals surface area contributed by atoms with Crippen LogP contribution < -0.4 is 10.6 Å². The summed E-state index contributed by atoms with van der Waals surface area (Å²) in [7, 11) is 1.86. The fraction of sp³-hybridized carbons (Fsp3) is 0.133. The van der Waals surface area contributed by atoms with E-state index in [0.717, 1.165) is 18.2 Å². The minimum Gasteiger partial charge on any atom is -0.366 e. The number of nitrogens with zero attached hydrogens (tertiary/aromatic N) is 4. The lowest BCUT2D eigenvalue weighted by molar-refractivity contribution is 0.775. The Morgan fingerprint density at radius 2 is 1.90 bits per heavy atom. The summed E-state index contributed by atoms with van der Waals surface area (Å²) >= 11 is 0. The van der Waals surface area contributed by atoms with Crippen LogP contribution >= 0.6 is 0 Å². The zero-order chi connectivity index (χ0) is 14.5. The van der Waals surface area contributed by atoms with Crippen LogP contribution in [0, 0.1) is 0 Å². The smallest absolute Gasteiger partial charge is 0.230 e. The van der Waals surface area contributed by atoms with E-state index in [1.807, 2.05) is 37.4 Å². The molecule has 3 aromatic rings. The summed E-state index contributed by atoms with van der Waals surface area (Å²) in [6.45, 7) is 0.725. The molecule has 0 aliphatic rings. The lowest BCUT2D eigenvalue weighted by Gasteiger charge is -2.08. The van der Waals surface area contributed by atoms with Gasteiger partial charge in [-0.15, -0.1) is 0 Å².